The van der Waals surface area contributed by atoms with E-state index in [9.17, 15) is 9.59 Å². The van der Waals surface area contributed by atoms with Crippen molar-refractivity contribution in [1.29, 1.82) is 0 Å². The molecule has 5 nitrogen and oxygen atoms in total. The van der Waals surface area contributed by atoms with E-state index in [1.807, 2.05) is 18.9 Å². The molecule has 19 heavy (non-hydrogen) atoms. The van der Waals surface area contributed by atoms with Gasteiger partial charge in [0.2, 0.25) is 0 Å². The molecule has 0 saturated carbocycles. The molecular formula is C14H21N3O2. The van der Waals surface area contributed by atoms with E-state index in [2.05, 4.69) is 5.10 Å². The Bertz CT molecular complexity index is 493. The van der Waals surface area contributed by atoms with Crippen molar-refractivity contribution in [1.82, 2.24) is 14.7 Å². The summed E-state index contributed by atoms with van der Waals surface area (Å²) < 4.78 is 1.71. The minimum Gasteiger partial charge on any atom is -0.335 e. The first-order chi connectivity index (χ1) is 9.00. The van der Waals surface area contributed by atoms with Gasteiger partial charge in [0.25, 0.3) is 5.91 Å². The molecule has 0 N–H and O–H groups in total. The quantitative estimate of drug-likeness (QED) is 0.834. The Morgan fingerprint density at radius 3 is 2.74 bits per heavy atom. The number of carbonyl (C=O) groups excluding carboxylic acids is 2. The lowest BCUT2D eigenvalue weighted by Crippen LogP contribution is -2.44. The van der Waals surface area contributed by atoms with E-state index in [0.717, 1.165) is 31.5 Å². The Labute approximate surface area is 113 Å². The van der Waals surface area contributed by atoms with Gasteiger partial charge in [-0.25, -0.2) is 0 Å². The number of hydrogen-bond acceptors (Lipinski definition) is 3. The van der Waals surface area contributed by atoms with E-state index in [1.54, 1.807) is 17.8 Å². The summed E-state index contributed by atoms with van der Waals surface area (Å²) in [5.74, 6) is 0.157. The SMILES string of the molecule is CC(=O)CC1CCCCN1C(=O)c1cnn(C)c1C. The number of hydrogen-bond donors (Lipinski definition) is 0. The maximum Gasteiger partial charge on any atom is 0.257 e. The molecule has 2 rings (SSSR count). The van der Waals surface area contributed by atoms with Crippen molar-refractivity contribution in [3.8, 4) is 0 Å². The number of nitrogens with zero attached hydrogens (tertiary/aromatic N) is 3. The van der Waals surface area contributed by atoms with Crippen LogP contribution in [-0.4, -0.2) is 39.0 Å². The molecule has 1 amide bonds. The predicted molar refractivity (Wildman–Crippen MR) is 71.9 cm³/mol. The fourth-order valence-electron chi connectivity index (χ4n) is 2.68. The smallest absolute Gasteiger partial charge is 0.257 e. The number of rotatable bonds is 3. The number of aromatic nitrogens is 2. The van der Waals surface area contributed by atoms with Crippen molar-refractivity contribution in [2.75, 3.05) is 6.54 Å². The van der Waals surface area contributed by atoms with Gasteiger partial charge < -0.3 is 4.90 Å². The van der Waals surface area contributed by atoms with Crippen LogP contribution in [0.2, 0.25) is 0 Å². The van der Waals surface area contributed by atoms with Gasteiger partial charge in [-0.15, -0.1) is 0 Å². The number of piperidine rings is 1. The van der Waals surface area contributed by atoms with Gasteiger partial charge in [-0.3, -0.25) is 14.3 Å². The summed E-state index contributed by atoms with van der Waals surface area (Å²) in [6.07, 6.45) is 5.11. The Balaban J connectivity index is 2.20. The average Bonchev–Trinajstić information content (AvgIpc) is 2.69. The molecule has 1 unspecified atom stereocenters. The molecule has 1 saturated heterocycles. The first-order valence-corrected chi connectivity index (χ1v) is 6.79. The van der Waals surface area contributed by atoms with Crippen molar-refractivity contribution in [3.63, 3.8) is 0 Å². The summed E-state index contributed by atoms with van der Waals surface area (Å²) in [5, 5.41) is 4.12. The molecule has 0 spiro atoms. The third-order valence-electron chi connectivity index (χ3n) is 3.88. The average molecular weight is 263 g/mol. The Morgan fingerprint density at radius 2 is 2.16 bits per heavy atom. The lowest BCUT2D eigenvalue weighted by Gasteiger charge is -2.35. The molecular weight excluding hydrogens is 242 g/mol. The molecule has 1 atom stereocenters. The van der Waals surface area contributed by atoms with Crippen molar-refractivity contribution in [3.05, 3.63) is 17.5 Å². The first kappa shape index (κ1) is 13.8. The second kappa shape index (κ2) is 5.55. The summed E-state index contributed by atoms with van der Waals surface area (Å²) in [4.78, 5) is 25.8. The summed E-state index contributed by atoms with van der Waals surface area (Å²) in [7, 11) is 1.83. The summed E-state index contributed by atoms with van der Waals surface area (Å²) in [6, 6.07) is 0.0540. The van der Waals surface area contributed by atoms with E-state index in [4.69, 9.17) is 0 Å². The number of likely N-dealkylation sites (tertiary alicyclic amines) is 1. The highest BCUT2D eigenvalue weighted by Gasteiger charge is 2.29. The summed E-state index contributed by atoms with van der Waals surface area (Å²) in [5.41, 5.74) is 1.52. The van der Waals surface area contributed by atoms with Crippen LogP contribution in [0, 0.1) is 6.92 Å². The van der Waals surface area contributed by atoms with Gasteiger partial charge in [0.15, 0.2) is 0 Å². The van der Waals surface area contributed by atoms with Crippen molar-refractivity contribution >= 4 is 11.7 Å². The highest BCUT2D eigenvalue weighted by atomic mass is 16.2. The van der Waals surface area contributed by atoms with E-state index in [1.165, 1.54) is 0 Å². The highest BCUT2D eigenvalue weighted by molar-refractivity contribution is 5.95. The Kier molecular flexibility index (Phi) is 4.02. The molecule has 1 aromatic rings. The number of ketones is 1. The van der Waals surface area contributed by atoms with Crippen LogP contribution >= 0.6 is 0 Å². The van der Waals surface area contributed by atoms with Crippen LogP contribution in [0.3, 0.4) is 0 Å². The monoisotopic (exact) mass is 263 g/mol. The van der Waals surface area contributed by atoms with Gasteiger partial charge in [-0.1, -0.05) is 0 Å². The fourth-order valence-corrected chi connectivity index (χ4v) is 2.68. The van der Waals surface area contributed by atoms with Crippen LogP contribution < -0.4 is 0 Å². The van der Waals surface area contributed by atoms with Crippen LogP contribution in [0.4, 0.5) is 0 Å². The molecule has 1 aliphatic rings. The van der Waals surface area contributed by atoms with Gasteiger partial charge in [0.1, 0.15) is 5.78 Å². The second-order valence-electron chi connectivity index (χ2n) is 5.32. The normalized spacial score (nSPS) is 19.5. The van der Waals surface area contributed by atoms with Gasteiger partial charge in [-0.05, 0) is 33.1 Å². The molecule has 5 heteroatoms. The molecule has 2 heterocycles. The number of aryl methyl sites for hydroxylation is 1. The zero-order valence-electron chi connectivity index (χ0n) is 11.8. The number of carbonyl (C=O) groups is 2. The minimum absolute atomic E-state index is 0.0107. The largest absolute Gasteiger partial charge is 0.335 e. The molecule has 0 radical (unpaired) electrons. The predicted octanol–water partition coefficient (Wildman–Crippen LogP) is 1.70. The molecule has 0 aliphatic carbocycles. The van der Waals surface area contributed by atoms with E-state index < -0.39 is 0 Å². The van der Waals surface area contributed by atoms with Gasteiger partial charge in [0, 0.05) is 31.7 Å². The topological polar surface area (TPSA) is 55.2 Å². The van der Waals surface area contributed by atoms with E-state index in [-0.39, 0.29) is 17.7 Å². The Hall–Kier alpha value is -1.65. The Morgan fingerprint density at radius 1 is 1.42 bits per heavy atom. The zero-order valence-corrected chi connectivity index (χ0v) is 11.8. The van der Waals surface area contributed by atoms with Crippen LogP contribution in [-0.2, 0) is 11.8 Å². The molecule has 1 aromatic heterocycles. The van der Waals surface area contributed by atoms with Crippen molar-refractivity contribution in [2.24, 2.45) is 7.05 Å². The maximum absolute atomic E-state index is 12.6. The number of amides is 1. The van der Waals surface area contributed by atoms with E-state index in [0.29, 0.717) is 12.0 Å². The lowest BCUT2D eigenvalue weighted by molar-refractivity contribution is -0.118. The van der Waals surface area contributed by atoms with Crippen molar-refractivity contribution < 1.29 is 9.59 Å². The first-order valence-electron chi connectivity index (χ1n) is 6.79. The van der Waals surface area contributed by atoms with Crippen LogP contribution in [0.15, 0.2) is 6.20 Å². The van der Waals surface area contributed by atoms with Crippen LogP contribution in [0.1, 0.15) is 48.7 Å². The van der Waals surface area contributed by atoms with Crippen LogP contribution in [0.25, 0.3) is 0 Å². The molecule has 0 aromatic carbocycles. The van der Waals surface area contributed by atoms with E-state index >= 15 is 0 Å². The van der Waals surface area contributed by atoms with Crippen LogP contribution in [0.5, 0.6) is 0 Å². The maximum atomic E-state index is 12.6. The minimum atomic E-state index is 0.0107. The standard InChI is InChI=1S/C14H21N3O2/c1-10(18)8-12-6-4-5-7-17(12)14(19)13-9-15-16(3)11(13)2/h9,12H,4-8H2,1-3H3. The summed E-state index contributed by atoms with van der Waals surface area (Å²) >= 11 is 0. The molecule has 0 bridgehead atoms. The lowest BCUT2D eigenvalue weighted by atomic mass is 9.97. The van der Waals surface area contributed by atoms with Crippen molar-refractivity contribution in [2.45, 2.75) is 45.6 Å². The van der Waals surface area contributed by atoms with Gasteiger partial charge >= 0.3 is 0 Å². The fraction of sp³-hybridized carbons (Fsp3) is 0.643. The molecule has 1 fully saturated rings. The van der Waals surface area contributed by atoms with Gasteiger partial charge in [0.05, 0.1) is 11.8 Å². The van der Waals surface area contributed by atoms with Gasteiger partial charge in [-0.2, -0.15) is 5.10 Å². The summed E-state index contributed by atoms with van der Waals surface area (Å²) in [6.45, 7) is 4.22. The molecule has 104 valence electrons. The third-order valence-corrected chi connectivity index (χ3v) is 3.88. The number of Topliss-reactive ketones (excluding diaryl/α,β-unsaturated/α-hetero) is 1. The third kappa shape index (κ3) is 2.85. The highest BCUT2D eigenvalue weighted by Crippen LogP contribution is 2.23. The zero-order chi connectivity index (χ0) is 14.0. The molecule has 1 aliphatic heterocycles. The second-order valence-corrected chi connectivity index (χ2v) is 5.32.